The summed E-state index contributed by atoms with van der Waals surface area (Å²) >= 11 is 0. The Bertz CT molecular complexity index is 70.0. The predicted octanol–water partition coefficient (Wildman–Crippen LogP) is -0.412. The van der Waals surface area contributed by atoms with E-state index in [1.807, 2.05) is 6.92 Å². The zero-order valence-corrected chi connectivity index (χ0v) is 5.75. The zero-order chi connectivity index (χ0) is 7.28. The van der Waals surface area contributed by atoms with Crippen LogP contribution in [0.3, 0.4) is 0 Å². The molecule has 3 nitrogen and oxygen atoms in total. The summed E-state index contributed by atoms with van der Waals surface area (Å²) in [5.74, 6) is -0.0463. The molecule has 1 unspecified atom stereocenters. The van der Waals surface area contributed by atoms with Gasteiger partial charge in [-0.1, -0.05) is 13.3 Å². The third-order valence-electron chi connectivity index (χ3n) is 1.48. The fourth-order valence-corrected chi connectivity index (χ4v) is 0.778. The Morgan fingerprint density at radius 1 is 1.56 bits per heavy atom. The van der Waals surface area contributed by atoms with E-state index in [9.17, 15) is 0 Å². The van der Waals surface area contributed by atoms with Gasteiger partial charge in [0.05, 0.1) is 0 Å². The van der Waals surface area contributed by atoms with Gasteiger partial charge < -0.3 is 15.8 Å². The Labute approximate surface area is 56.0 Å². The summed E-state index contributed by atoms with van der Waals surface area (Å²) in [6.45, 7) is 2.44. The molecule has 0 bridgehead atoms. The third-order valence-corrected chi connectivity index (χ3v) is 1.48. The topological polar surface area (TPSA) is 66.5 Å². The summed E-state index contributed by atoms with van der Waals surface area (Å²) in [7, 11) is -1.20. The molecule has 0 saturated heterocycles. The van der Waals surface area contributed by atoms with Crippen molar-refractivity contribution in [2.75, 3.05) is 6.54 Å². The average molecular weight is 131 g/mol. The van der Waals surface area contributed by atoms with Gasteiger partial charge in [0, 0.05) is 0 Å². The number of hydrogen-bond donors (Lipinski definition) is 3. The molecule has 0 aromatic heterocycles. The first-order chi connectivity index (χ1) is 4.22. The highest BCUT2D eigenvalue weighted by Crippen LogP contribution is 2.14. The molecule has 0 fully saturated rings. The predicted molar refractivity (Wildman–Crippen MR) is 37.9 cm³/mol. The number of hydrogen-bond acceptors (Lipinski definition) is 3. The molecular weight excluding hydrogens is 117 g/mol. The van der Waals surface area contributed by atoms with E-state index in [2.05, 4.69) is 0 Å². The molecule has 0 amide bonds. The van der Waals surface area contributed by atoms with E-state index >= 15 is 0 Å². The quantitative estimate of drug-likeness (QED) is 0.454. The smallest absolute Gasteiger partial charge is 0.427 e. The molecule has 4 N–H and O–H groups in total. The summed E-state index contributed by atoms with van der Waals surface area (Å²) < 4.78 is 0. The third kappa shape index (κ3) is 3.51. The van der Waals surface area contributed by atoms with Crippen LogP contribution in [0.2, 0.25) is 5.82 Å². The van der Waals surface area contributed by atoms with Crippen molar-refractivity contribution in [3.63, 3.8) is 0 Å². The van der Waals surface area contributed by atoms with E-state index in [1.165, 1.54) is 0 Å². The first-order valence-corrected chi connectivity index (χ1v) is 3.28. The van der Waals surface area contributed by atoms with Crippen LogP contribution in [0.15, 0.2) is 0 Å². The van der Waals surface area contributed by atoms with Crippen LogP contribution < -0.4 is 5.73 Å². The lowest BCUT2D eigenvalue weighted by molar-refractivity contribution is 0.376. The maximum atomic E-state index is 8.64. The van der Waals surface area contributed by atoms with Crippen LogP contribution >= 0.6 is 0 Å². The molecule has 0 aromatic carbocycles. The second-order valence-corrected chi connectivity index (χ2v) is 2.16. The highest BCUT2D eigenvalue weighted by Gasteiger charge is 2.19. The van der Waals surface area contributed by atoms with Gasteiger partial charge in [0.2, 0.25) is 0 Å². The Hall–Kier alpha value is -0.0551. The second-order valence-electron chi connectivity index (χ2n) is 2.16. The van der Waals surface area contributed by atoms with E-state index in [1.54, 1.807) is 0 Å². The van der Waals surface area contributed by atoms with Crippen LogP contribution in [0.25, 0.3) is 0 Å². The van der Waals surface area contributed by atoms with Crippen molar-refractivity contribution in [2.24, 2.45) is 5.73 Å². The lowest BCUT2D eigenvalue weighted by Gasteiger charge is -2.10. The molecule has 4 heteroatoms. The van der Waals surface area contributed by atoms with Crippen molar-refractivity contribution in [1.82, 2.24) is 0 Å². The van der Waals surface area contributed by atoms with E-state index < -0.39 is 7.12 Å². The Morgan fingerprint density at radius 2 is 2.11 bits per heavy atom. The lowest BCUT2D eigenvalue weighted by Crippen LogP contribution is -2.22. The minimum absolute atomic E-state index is 0.0463. The van der Waals surface area contributed by atoms with Crippen molar-refractivity contribution in [3.05, 3.63) is 0 Å². The van der Waals surface area contributed by atoms with Crippen molar-refractivity contribution >= 4 is 7.12 Å². The Morgan fingerprint density at radius 3 is 2.22 bits per heavy atom. The zero-order valence-electron chi connectivity index (χ0n) is 5.75. The maximum absolute atomic E-state index is 8.64. The second kappa shape index (κ2) is 4.79. The minimum atomic E-state index is -1.20. The first-order valence-electron chi connectivity index (χ1n) is 3.28. The van der Waals surface area contributed by atoms with Crippen LogP contribution in [0, 0.1) is 0 Å². The largest absolute Gasteiger partial charge is 0.454 e. The fourth-order valence-electron chi connectivity index (χ4n) is 0.778. The summed E-state index contributed by atoms with van der Waals surface area (Å²) in [6, 6.07) is 0. The highest BCUT2D eigenvalue weighted by molar-refractivity contribution is 6.43. The van der Waals surface area contributed by atoms with Crippen molar-refractivity contribution in [2.45, 2.75) is 25.6 Å². The fraction of sp³-hybridized carbons (Fsp3) is 1.00. The number of rotatable bonds is 4. The molecule has 0 rings (SSSR count). The van der Waals surface area contributed by atoms with Crippen molar-refractivity contribution in [3.8, 4) is 0 Å². The highest BCUT2D eigenvalue weighted by atomic mass is 16.4. The molecule has 0 aliphatic heterocycles. The van der Waals surface area contributed by atoms with Gasteiger partial charge in [-0.2, -0.15) is 0 Å². The van der Waals surface area contributed by atoms with Gasteiger partial charge in [-0.05, 0) is 18.8 Å². The SMILES string of the molecule is CCC(CCN)B(O)O. The van der Waals surface area contributed by atoms with Gasteiger partial charge in [0.25, 0.3) is 0 Å². The van der Waals surface area contributed by atoms with E-state index in [0.29, 0.717) is 13.0 Å². The normalized spacial score (nSPS) is 13.3. The van der Waals surface area contributed by atoms with Crippen molar-refractivity contribution < 1.29 is 10.0 Å². The molecule has 0 aliphatic rings. The minimum Gasteiger partial charge on any atom is -0.427 e. The molecule has 9 heavy (non-hydrogen) atoms. The van der Waals surface area contributed by atoms with Gasteiger partial charge in [-0.15, -0.1) is 0 Å². The molecule has 0 aliphatic carbocycles. The maximum Gasteiger partial charge on any atom is 0.454 e. The van der Waals surface area contributed by atoms with Gasteiger partial charge >= 0.3 is 7.12 Å². The van der Waals surface area contributed by atoms with Crippen LogP contribution in [0.1, 0.15) is 19.8 Å². The summed E-state index contributed by atoms with van der Waals surface area (Å²) in [5, 5.41) is 17.3. The van der Waals surface area contributed by atoms with E-state index in [-0.39, 0.29) is 5.82 Å². The lowest BCUT2D eigenvalue weighted by atomic mass is 9.69. The molecule has 0 radical (unpaired) electrons. The van der Waals surface area contributed by atoms with Gasteiger partial charge in [-0.25, -0.2) is 0 Å². The monoisotopic (exact) mass is 131 g/mol. The Kier molecular flexibility index (Phi) is 4.76. The van der Waals surface area contributed by atoms with Gasteiger partial charge in [0.15, 0.2) is 0 Å². The van der Waals surface area contributed by atoms with Crippen LogP contribution in [0.5, 0.6) is 0 Å². The van der Waals surface area contributed by atoms with Crippen LogP contribution in [0.4, 0.5) is 0 Å². The number of nitrogens with two attached hydrogens (primary N) is 1. The van der Waals surface area contributed by atoms with Crippen LogP contribution in [-0.2, 0) is 0 Å². The molecule has 1 atom stereocenters. The summed E-state index contributed by atoms with van der Waals surface area (Å²) in [4.78, 5) is 0. The van der Waals surface area contributed by atoms with Crippen LogP contribution in [-0.4, -0.2) is 23.7 Å². The first kappa shape index (κ1) is 8.94. The molecule has 0 heterocycles. The molecule has 54 valence electrons. The summed E-state index contributed by atoms with van der Waals surface area (Å²) in [5.41, 5.74) is 5.22. The molecular formula is C5H14BNO2. The van der Waals surface area contributed by atoms with E-state index in [0.717, 1.165) is 6.42 Å². The average Bonchev–Trinajstić information content (AvgIpc) is 1.82. The van der Waals surface area contributed by atoms with Gasteiger partial charge in [0.1, 0.15) is 0 Å². The standard InChI is InChI=1S/C5H14BNO2/c1-2-5(3-4-7)6(8)9/h5,8-9H,2-4,7H2,1H3. The summed E-state index contributed by atoms with van der Waals surface area (Å²) in [6.07, 6.45) is 1.46. The molecule has 0 spiro atoms. The molecule has 0 aromatic rings. The molecule has 0 saturated carbocycles. The van der Waals surface area contributed by atoms with E-state index in [4.69, 9.17) is 15.8 Å². The Balaban J connectivity index is 3.41. The van der Waals surface area contributed by atoms with Crippen molar-refractivity contribution in [1.29, 1.82) is 0 Å². The van der Waals surface area contributed by atoms with Gasteiger partial charge in [-0.3, -0.25) is 0 Å².